The summed E-state index contributed by atoms with van der Waals surface area (Å²) in [7, 11) is 1.59. The van der Waals surface area contributed by atoms with Gasteiger partial charge in [-0.3, -0.25) is 4.79 Å². The molecule has 0 bridgehead atoms. The summed E-state index contributed by atoms with van der Waals surface area (Å²) in [5.74, 6) is 1.05. The van der Waals surface area contributed by atoms with E-state index in [1.54, 1.807) is 62.6 Å². The van der Waals surface area contributed by atoms with Crippen LogP contribution in [0.25, 0.3) is 22.1 Å². The molecule has 4 rings (SSSR count). The number of benzene rings is 3. The van der Waals surface area contributed by atoms with E-state index in [1.165, 1.54) is 0 Å². The predicted octanol–water partition coefficient (Wildman–Crippen LogP) is 5.12. The van der Waals surface area contributed by atoms with Crippen LogP contribution < -0.4 is 15.1 Å². The van der Waals surface area contributed by atoms with Gasteiger partial charge in [0.15, 0.2) is 6.10 Å². The number of hydrogen-bond acceptors (Lipinski definition) is 5. The number of fused-ring (bicyclic) bond motifs is 1. The van der Waals surface area contributed by atoms with Gasteiger partial charge in [0.1, 0.15) is 17.1 Å². The van der Waals surface area contributed by atoms with Crippen molar-refractivity contribution in [3.8, 4) is 22.6 Å². The van der Waals surface area contributed by atoms with Crippen LogP contribution in [0.15, 0.2) is 88.1 Å². The fraction of sp³-hybridized carbons (Fsp3) is 0.120. The highest BCUT2D eigenvalue weighted by atomic mass is 16.5. The Morgan fingerprint density at radius 2 is 1.60 bits per heavy atom. The van der Waals surface area contributed by atoms with Gasteiger partial charge in [-0.15, -0.1) is 0 Å². The SMILES string of the molecule is COc1ccc(-c2cc3ccc(O[C@@H](C)C(=O)c4ccccc4)cc3oc2=O)cc1. The molecule has 0 aliphatic carbocycles. The fourth-order valence-electron chi connectivity index (χ4n) is 3.23. The minimum atomic E-state index is -0.671. The molecule has 0 unspecified atom stereocenters. The maximum Gasteiger partial charge on any atom is 0.344 e. The second-order valence-electron chi connectivity index (χ2n) is 6.87. The normalized spacial score (nSPS) is 11.8. The van der Waals surface area contributed by atoms with Gasteiger partial charge in [0.05, 0.1) is 12.7 Å². The summed E-state index contributed by atoms with van der Waals surface area (Å²) in [4.78, 5) is 25.0. The van der Waals surface area contributed by atoms with Gasteiger partial charge in [0.25, 0.3) is 0 Å². The number of rotatable bonds is 6. The minimum absolute atomic E-state index is 0.119. The smallest absolute Gasteiger partial charge is 0.344 e. The van der Waals surface area contributed by atoms with E-state index in [0.717, 1.165) is 10.9 Å². The topological polar surface area (TPSA) is 65.7 Å². The lowest BCUT2D eigenvalue weighted by atomic mass is 10.1. The summed E-state index contributed by atoms with van der Waals surface area (Å²) in [6, 6.07) is 23.2. The Kier molecular flexibility index (Phi) is 5.35. The molecule has 0 saturated carbocycles. The third kappa shape index (κ3) is 3.96. The molecule has 0 radical (unpaired) electrons. The highest BCUT2D eigenvalue weighted by Gasteiger charge is 2.17. The highest BCUT2D eigenvalue weighted by molar-refractivity contribution is 5.99. The van der Waals surface area contributed by atoms with Crippen molar-refractivity contribution in [1.82, 2.24) is 0 Å². The van der Waals surface area contributed by atoms with Crippen molar-refractivity contribution in [2.24, 2.45) is 0 Å². The van der Waals surface area contributed by atoms with Gasteiger partial charge in [-0.1, -0.05) is 42.5 Å². The molecular formula is C25H20O5. The van der Waals surface area contributed by atoms with Gasteiger partial charge in [-0.25, -0.2) is 4.79 Å². The molecular weight excluding hydrogens is 380 g/mol. The summed E-state index contributed by atoms with van der Waals surface area (Å²) in [6.45, 7) is 1.70. The molecule has 150 valence electrons. The molecule has 0 fully saturated rings. The quantitative estimate of drug-likeness (QED) is 0.332. The van der Waals surface area contributed by atoms with E-state index in [0.29, 0.717) is 28.2 Å². The molecule has 1 aromatic heterocycles. The van der Waals surface area contributed by atoms with Crippen molar-refractivity contribution < 1.29 is 18.7 Å². The number of methoxy groups -OCH3 is 1. The van der Waals surface area contributed by atoms with Crippen LogP contribution in [0.3, 0.4) is 0 Å². The van der Waals surface area contributed by atoms with Gasteiger partial charge in [0, 0.05) is 17.0 Å². The van der Waals surface area contributed by atoms with Gasteiger partial charge >= 0.3 is 5.63 Å². The molecule has 5 heteroatoms. The van der Waals surface area contributed by atoms with Gasteiger partial charge in [0.2, 0.25) is 5.78 Å². The molecule has 1 heterocycles. The Balaban J connectivity index is 1.60. The molecule has 5 nitrogen and oxygen atoms in total. The second-order valence-corrected chi connectivity index (χ2v) is 6.87. The molecule has 4 aromatic rings. The summed E-state index contributed by atoms with van der Waals surface area (Å²) in [5.41, 5.74) is 1.74. The largest absolute Gasteiger partial charge is 0.497 e. The van der Waals surface area contributed by atoms with Crippen molar-refractivity contribution >= 4 is 16.8 Å². The molecule has 0 aliphatic rings. The molecule has 0 amide bonds. The number of Topliss-reactive ketones (excluding diaryl/α,β-unsaturated/α-hetero) is 1. The fourth-order valence-corrected chi connectivity index (χ4v) is 3.23. The number of ether oxygens (including phenoxy) is 2. The van der Waals surface area contributed by atoms with Gasteiger partial charge < -0.3 is 13.9 Å². The van der Waals surface area contributed by atoms with Crippen molar-refractivity contribution in [3.63, 3.8) is 0 Å². The Labute approximate surface area is 173 Å². The maximum atomic E-state index is 12.5. The first kappa shape index (κ1) is 19.5. The van der Waals surface area contributed by atoms with E-state index >= 15 is 0 Å². The van der Waals surface area contributed by atoms with Crippen LogP contribution in [0.1, 0.15) is 17.3 Å². The van der Waals surface area contributed by atoms with Gasteiger partial charge in [-0.05, 0) is 42.8 Å². The van der Waals surface area contributed by atoms with Crippen LogP contribution in [0, 0.1) is 0 Å². The first-order chi connectivity index (χ1) is 14.5. The monoisotopic (exact) mass is 400 g/mol. The molecule has 1 atom stereocenters. The lowest BCUT2D eigenvalue weighted by Gasteiger charge is -2.14. The Hall–Kier alpha value is -3.86. The first-order valence-corrected chi connectivity index (χ1v) is 9.53. The third-order valence-corrected chi connectivity index (χ3v) is 4.85. The molecule has 30 heavy (non-hydrogen) atoms. The van der Waals surface area contributed by atoms with Crippen molar-refractivity contribution in [2.45, 2.75) is 13.0 Å². The lowest BCUT2D eigenvalue weighted by Crippen LogP contribution is -2.23. The van der Waals surface area contributed by atoms with Crippen LogP contribution in [0.2, 0.25) is 0 Å². The van der Waals surface area contributed by atoms with E-state index in [-0.39, 0.29) is 5.78 Å². The third-order valence-electron chi connectivity index (χ3n) is 4.85. The number of hydrogen-bond donors (Lipinski definition) is 0. The number of carbonyl (C=O) groups is 1. The Bertz CT molecular complexity index is 1240. The van der Waals surface area contributed by atoms with Crippen LogP contribution in [-0.2, 0) is 0 Å². The number of ketones is 1. The van der Waals surface area contributed by atoms with Crippen LogP contribution >= 0.6 is 0 Å². The zero-order chi connectivity index (χ0) is 21.1. The molecule has 0 aliphatic heterocycles. The van der Waals surface area contributed by atoms with Crippen LogP contribution in [-0.4, -0.2) is 19.0 Å². The average molecular weight is 400 g/mol. The zero-order valence-corrected chi connectivity index (χ0v) is 16.6. The molecule has 0 spiro atoms. The summed E-state index contributed by atoms with van der Waals surface area (Å²) >= 11 is 0. The van der Waals surface area contributed by atoms with E-state index in [1.807, 2.05) is 30.3 Å². The second kappa shape index (κ2) is 8.25. The van der Waals surface area contributed by atoms with E-state index < -0.39 is 11.7 Å². The van der Waals surface area contributed by atoms with E-state index in [4.69, 9.17) is 13.9 Å². The molecule has 3 aromatic carbocycles. The predicted molar refractivity (Wildman–Crippen MR) is 115 cm³/mol. The van der Waals surface area contributed by atoms with Crippen molar-refractivity contribution in [2.75, 3.05) is 7.11 Å². The van der Waals surface area contributed by atoms with Gasteiger partial charge in [-0.2, -0.15) is 0 Å². The minimum Gasteiger partial charge on any atom is -0.497 e. The molecule has 0 saturated heterocycles. The summed E-state index contributed by atoms with van der Waals surface area (Å²) < 4.78 is 16.5. The lowest BCUT2D eigenvalue weighted by molar-refractivity contribution is 0.0818. The first-order valence-electron chi connectivity index (χ1n) is 9.53. The highest BCUT2D eigenvalue weighted by Crippen LogP contribution is 2.26. The van der Waals surface area contributed by atoms with E-state index in [9.17, 15) is 9.59 Å². The Morgan fingerprint density at radius 1 is 0.900 bits per heavy atom. The summed E-state index contributed by atoms with van der Waals surface area (Å²) in [6.07, 6.45) is -0.671. The van der Waals surface area contributed by atoms with Crippen molar-refractivity contribution in [3.05, 3.63) is 94.8 Å². The zero-order valence-electron chi connectivity index (χ0n) is 16.6. The Morgan fingerprint density at radius 3 is 2.30 bits per heavy atom. The van der Waals surface area contributed by atoms with E-state index in [2.05, 4.69) is 0 Å². The maximum absolute atomic E-state index is 12.5. The standard InChI is InChI=1S/C25H20O5/c1-16(24(26)18-6-4-3-5-7-18)29-21-13-10-19-14-22(25(27)30-23(19)15-21)17-8-11-20(28-2)12-9-17/h3-16H,1-2H3/t16-/m0/s1. The number of carbonyl (C=O) groups excluding carboxylic acids is 1. The summed E-state index contributed by atoms with van der Waals surface area (Å²) in [5, 5.41) is 0.759. The van der Waals surface area contributed by atoms with Crippen molar-refractivity contribution in [1.29, 1.82) is 0 Å². The van der Waals surface area contributed by atoms with Crippen LogP contribution in [0.5, 0.6) is 11.5 Å². The molecule has 0 N–H and O–H groups in total. The van der Waals surface area contributed by atoms with Crippen LogP contribution in [0.4, 0.5) is 0 Å². The average Bonchev–Trinajstić information content (AvgIpc) is 2.78.